The topological polar surface area (TPSA) is 99.3 Å². The highest BCUT2D eigenvalue weighted by Crippen LogP contribution is 2.18. The first-order chi connectivity index (χ1) is 13.0. The van der Waals surface area contributed by atoms with Gasteiger partial charge in [-0.3, -0.25) is 14.9 Å². The molecular weight excluding hydrogens is 348 g/mol. The van der Waals surface area contributed by atoms with Crippen LogP contribution in [0.3, 0.4) is 0 Å². The second-order valence-corrected chi connectivity index (χ2v) is 5.89. The summed E-state index contributed by atoms with van der Waals surface area (Å²) in [5, 5.41) is 13.5. The zero-order valence-corrected chi connectivity index (χ0v) is 14.6. The Morgan fingerprint density at radius 2 is 1.93 bits per heavy atom. The SMILES string of the molecule is C[C@@H](NC(=O)COc1ccc([N+](=O)[O-])cc1)c1ccc(-n2ccnc2)cc1. The van der Waals surface area contributed by atoms with Gasteiger partial charge in [-0.2, -0.15) is 0 Å². The van der Waals surface area contributed by atoms with Crippen molar-refractivity contribution in [2.45, 2.75) is 13.0 Å². The van der Waals surface area contributed by atoms with E-state index in [1.165, 1.54) is 24.3 Å². The molecule has 1 heterocycles. The highest BCUT2D eigenvalue weighted by Gasteiger charge is 2.11. The highest BCUT2D eigenvalue weighted by atomic mass is 16.6. The third-order valence-electron chi connectivity index (χ3n) is 3.99. The molecule has 0 saturated heterocycles. The molecule has 0 radical (unpaired) electrons. The summed E-state index contributed by atoms with van der Waals surface area (Å²) in [5.41, 5.74) is 1.92. The van der Waals surface area contributed by atoms with Gasteiger partial charge in [0, 0.05) is 30.2 Å². The van der Waals surface area contributed by atoms with Crippen molar-refractivity contribution < 1.29 is 14.5 Å². The molecule has 0 aliphatic heterocycles. The van der Waals surface area contributed by atoms with E-state index >= 15 is 0 Å². The van der Waals surface area contributed by atoms with E-state index in [0.717, 1.165) is 11.3 Å². The van der Waals surface area contributed by atoms with Crippen LogP contribution in [0, 0.1) is 10.1 Å². The number of non-ortho nitro benzene ring substituents is 1. The number of amides is 1. The zero-order chi connectivity index (χ0) is 19.2. The number of nitro benzene ring substituents is 1. The molecule has 8 nitrogen and oxygen atoms in total. The summed E-state index contributed by atoms with van der Waals surface area (Å²) in [6.45, 7) is 1.71. The molecule has 1 amide bonds. The fourth-order valence-corrected chi connectivity index (χ4v) is 2.53. The van der Waals surface area contributed by atoms with Gasteiger partial charge in [0.1, 0.15) is 5.75 Å². The van der Waals surface area contributed by atoms with E-state index in [9.17, 15) is 14.9 Å². The van der Waals surface area contributed by atoms with Gasteiger partial charge < -0.3 is 14.6 Å². The molecule has 0 unspecified atom stereocenters. The molecule has 3 rings (SSSR count). The molecule has 8 heteroatoms. The van der Waals surface area contributed by atoms with Crippen molar-refractivity contribution in [1.82, 2.24) is 14.9 Å². The minimum Gasteiger partial charge on any atom is -0.484 e. The van der Waals surface area contributed by atoms with Gasteiger partial charge in [-0.15, -0.1) is 0 Å². The number of rotatable bonds is 7. The number of carbonyl (C=O) groups is 1. The van der Waals surface area contributed by atoms with Crippen LogP contribution in [0.4, 0.5) is 5.69 Å². The Morgan fingerprint density at radius 3 is 2.52 bits per heavy atom. The smallest absolute Gasteiger partial charge is 0.269 e. The number of benzene rings is 2. The molecule has 0 fully saturated rings. The maximum absolute atomic E-state index is 12.1. The molecule has 0 aliphatic carbocycles. The lowest BCUT2D eigenvalue weighted by atomic mass is 10.1. The lowest BCUT2D eigenvalue weighted by Gasteiger charge is -2.15. The standard InChI is InChI=1S/C19H18N4O4/c1-14(15-2-4-16(5-3-15)22-11-10-20-13-22)21-19(24)12-27-18-8-6-17(7-9-18)23(25)26/h2-11,13-14H,12H2,1H3,(H,21,24)/t14-/m1/s1. The Hall–Kier alpha value is -3.68. The van der Waals surface area contributed by atoms with Gasteiger partial charge in [-0.25, -0.2) is 4.98 Å². The number of nitrogens with one attached hydrogen (secondary N) is 1. The Labute approximate surface area is 155 Å². The summed E-state index contributed by atoms with van der Waals surface area (Å²) in [7, 11) is 0. The summed E-state index contributed by atoms with van der Waals surface area (Å²) in [6.07, 6.45) is 5.28. The predicted molar refractivity (Wildman–Crippen MR) is 98.7 cm³/mol. The van der Waals surface area contributed by atoms with Crippen molar-refractivity contribution in [2.75, 3.05) is 6.61 Å². The van der Waals surface area contributed by atoms with Crippen LogP contribution in [-0.2, 0) is 4.79 Å². The van der Waals surface area contributed by atoms with E-state index in [4.69, 9.17) is 4.74 Å². The number of nitro groups is 1. The molecule has 0 aliphatic rings. The van der Waals surface area contributed by atoms with E-state index in [-0.39, 0.29) is 24.2 Å². The number of aromatic nitrogens is 2. The third kappa shape index (κ3) is 4.69. The minimum absolute atomic E-state index is 0.0282. The summed E-state index contributed by atoms with van der Waals surface area (Å²) in [6, 6.07) is 13.2. The molecule has 1 aromatic heterocycles. The molecule has 0 bridgehead atoms. The number of hydrogen-bond donors (Lipinski definition) is 1. The van der Waals surface area contributed by atoms with E-state index in [0.29, 0.717) is 5.75 Å². The molecule has 0 spiro atoms. The van der Waals surface area contributed by atoms with Gasteiger partial charge in [-0.1, -0.05) is 12.1 Å². The molecule has 3 aromatic rings. The first kappa shape index (κ1) is 18.1. The zero-order valence-electron chi connectivity index (χ0n) is 14.6. The van der Waals surface area contributed by atoms with Crippen LogP contribution in [0.15, 0.2) is 67.3 Å². The van der Waals surface area contributed by atoms with E-state index in [2.05, 4.69) is 10.3 Å². The van der Waals surface area contributed by atoms with Crippen LogP contribution in [0.25, 0.3) is 5.69 Å². The number of hydrogen-bond acceptors (Lipinski definition) is 5. The predicted octanol–water partition coefficient (Wildman–Crippen LogP) is 3.04. The van der Waals surface area contributed by atoms with Gasteiger partial charge in [0.25, 0.3) is 11.6 Å². The number of carbonyl (C=O) groups excluding carboxylic acids is 1. The van der Waals surface area contributed by atoms with Crippen LogP contribution < -0.4 is 10.1 Å². The van der Waals surface area contributed by atoms with E-state index < -0.39 is 4.92 Å². The monoisotopic (exact) mass is 366 g/mol. The fourth-order valence-electron chi connectivity index (χ4n) is 2.53. The lowest BCUT2D eigenvalue weighted by Crippen LogP contribution is -2.31. The molecule has 1 N–H and O–H groups in total. The van der Waals surface area contributed by atoms with E-state index in [1.54, 1.807) is 12.5 Å². The Balaban J connectivity index is 1.52. The quantitative estimate of drug-likeness (QED) is 0.512. The average Bonchev–Trinajstić information content (AvgIpc) is 3.21. The van der Waals surface area contributed by atoms with Crippen molar-refractivity contribution in [1.29, 1.82) is 0 Å². The van der Waals surface area contributed by atoms with Crippen LogP contribution in [0.2, 0.25) is 0 Å². The van der Waals surface area contributed by atoms with Crippen LogP contribution in [0.5, 0.6) is 5.75 Å². The van der Waals surface area contributed by atoms with Gasteiger partial charge in [0.05, 0.1) is 17.3 Å². The Kier molecular flexibility index (Phi) is 5.46. The van der Waals surface area contributed by atoms with Crippen molar-refractivity contribution in [2.24, 2.45) is 0 Å². The third-order valence-corrected chi connectivity index (χ3v) is 3.99. The number of imidazole rings is 1. The lowest BCUT2D eigenvalue weighted by molar-refractivity contribution is -0.384. The molecule has 2 aromatic carbocycles. The molecule has 1 atom stereocenters. The van der Waals surface area contributed by atoms with Crippen molar-refractivity contribution >= 4 is 11.6 Å². The molecule has 138 valence electrons. The van der Waals surface area contributed by atoms with Crippen molar-refractivity contribution in [3.63, 3.8) is 0 Å². The second-order valence-electron chi connectivity index (χ2n) is 5.89. The highest BCUT2D eigenvalue weighted by molar-refractivity contribution is 5.78. The second kappa shape index (κ2) is 8.13. The van der Waals surface area contributed by atoms with Gasteiger partial charge in [0.15, 0.2) is 6.61 Å². The molecular formula is C19H18N4O4. The first-order valence-corrected chi connectivity index (χ1v) is 8.28. The fraction of sp³-hybridized carbons (Fsp3) is 0.158. The summed E-state index contributed by atoms with van der Waals surface area (Å²) in [5.74, 6) is 0.118. The Bertz CT molecular complexity index is 906. The molecule has 0 saturated carbocycles. The summed E-state index contributed by atoms with van der Waals surface area (Å²) < 4.78 is 7.26. The van der Waals surface area contributed by atoms with E-state index in [1.807, 2.05) is 42.0 Å². The van der Waals surface area contributed by atoms with Crippen LogP contribution >= 0.6 is 0 Å². The molecule has 27 heavy (non-hydrogen) atoms. The van der Waals surface area contributed by atoms with Crippen molar-refractivity contribution in [3.8, 4) is 11.4 Å². The minimum atomic E-state index is -0.490. The first-order valence-electron chi connectivity index (χ1n) is 8.28. The Morgan fingerprint density at radius 1 is 1.22 bits per heavy atom. The summed E-state index contributed by atoms with van der Waals surface area (Å²) >= 11 is 0. The number of nitrogens with zero attached hydrogens (tertiary/aromatic N) is 3. The van der Waals surface area contributed by atoms with Crippen LogP contribution in [0.1, 0.15) is 18.5 Å². The van der Waals surface area contributed by atoms with Crippen molar-refractivity contribution in [3.05, 3.63) is 82.9 Å². The van der Waals surface area contributed by atoms with Gasteiger partial charge in [-0.05, 0) is 36.8 Å². The number of ether oxygens (including phenoxy) is 1. The average molecular weight is 366 g/mol. The van der Waals surface area contributed by atoms with Crippen LogP contribution in [-0.4, -0.2) is 27.0 Å². The maximum Gasteiger partial charge on any atom is 0.269 e. The normalized spacial score (nSPS) is 11.6. The summed E-state index contributed by atoms with van der Waals surface area (Å²) in [4.78, 5) is 26.2. The largest absolute Gasteiger partial charge is 0.484 e. The maximum atomic E-state index is 12.1. The van der Waals surface area contributed by atoms with Gasteiger partial charge >= 0.3 is 0 Å². The van der Waals surface area contributed by atoms with Gasteiger partial charge in [0.2, 0.25) is 0 Å².